The van der Waals surface area contributed by atoms with Gasteiger partial charge in [-0.15, -0.1) is 0 Å². The molecular weight excluding hydrogens is 447 g/mol. The number of amides is 1. The molecule has 0 heterocycles. The summed E-state index contributed by atoms with van der Waals surface area (Å²) in [7, 11) is 0. The summed E-state index contributed by atoms with van der Waals surface area (Å²) in [6.07, 6.45) is 0.890. The lowest BCUT2D eigenvalue weighted by molar-refractivity contribution is -0.394. The molecule has 0 bridgehead atoms. The first kappa shape index (κ1) is 18.3. The Morgan fingerprint density at radius 2 is 1.92 bits per heavy atom. The standard InChI is InChI=1S/C14H9IN4O6/c15-10-3-1-2-8(4-10)14(21)17-16-7-9-5-11(18(22)23)6-12(13(9)20)19(24)25/h1-7,20H,(H,17,21)/b16-7-. The van der Waals surface area contributed by atoms with Gasteiger partial charge in [0.15, 0.2) is 0 Å². The summed E-state index contributed by atoms with van der Waals surface area (Å²) in [5.74, 6) is -1.34. The van der Waals surface area contributed by atoms with Crippen molar-refractivity contribution in [2.75, 3.05) is 0 Å². The Bertz CT molecular complexity index is 899. The Morgan fingerprint density at radius 1 is 1.20 bits per heavy atom. The minimum Gasteiger partial charge on any atom is -0.502 e. The van der Waals surface area contributed by atoms with Gasteiger partial charge in [0.2, 0.25) is 5.75 Å². The second kappa shape index (κ2) is 7.65. The number of benzene rings is 2. The first-order valence-electron chi connectivity index (χ1n) is 6.54. The van der Waals surface area contributed by atoms with Crippen molar-refractivity contribution in [3.63, 3.8) is 0 Å². The SMILES string of the molecule is O=C(N/N=C\c1cc([N+](=O)[O-])cc([N+](=O)[O-])c1O)c1cccc(I)c1. The molecule has 0 spiro atoms. The highest BCUT2D eigenvalue weighted by molar-refractivity contribution is 14.1. The molecule has 128 valence electrons. The van der Waals surface area contributed by atoms with Crippen molar-refractivity contribution < 1.29 is 19.7 Å². The smallest absolute Gasteiger partial charge is 0.318 e. The molecule has 2 rings (SSSR count). The molecule has 2 N–H and O–H groups in total. The maximum atomic E-state index is 11.9. The number of halogens is 1. The maximum Gasteiger partial charge on any atom is 0.318 e. The van der Waals surface area contributed by atoms with Crippen molar-refractivity contribution in [1.29, 1.82) is 0 Å². The lowest BCUT2D eigenvalue weighted by Gasteiger charge is -2.02. The predicted molar refractivity (Wildman–Crippen MR) is 95.6 cm³/mol. The highest BCUT2D eigenvalue weighted by atomic mass is 127. The van der Waals surface area contributed by atoms with Gasteiger partial charge in [-0.2, -0.15) is 5.10 Å². The van der Waals surface area contributed by atoms with E-state index >= 15 is 0 Å². The topological polar surface area (TPSA) is 148 Å². The van der Waals surface area contributed by atoms with Gasteiger partial charge in [-0.1, -0.05) is 6.07 Å². The molecule has 0 aliphatic rings. The Morgan fingerprint density at radius 3 is 2.52 bits per heavy atom. The van der Waals surface area contributed by atoms with Crippen LogP contribution in [0.4, 0.5) is 11.4 Å². The van der Waals surface area contributed by atoms with Crippen LogP contribution >= 0.6 is 22.6 Å². The van der Waals surface area contributed by atoms with Crippen LogP contribution in [0.15, 0.2) is 41.5 Å². The van der Waals surface area contributed by atoms with E-state index < -0.39 is 32.9 Å². The van der Waals surface area contributed by atoms with E-state index in [0.29, 0.717) is 11.6 Å². The number of rotatable bonds is 5. The van der Waals surface area contributed by atoms with Gasteiger partial charge in [0.25, 0.3) is 11.6 Å². The summed E-state index contributed by atoms with van der Waals surface area (Å²) in [6, 6.07) is 8.18. The molecule has 0 aliphatic carbocycles. The monoisotopic (exact) mass is 456 g/mol. The molecule has 25 heavy (non-hydrogen) atoms. The quantitative estimate of drug-likeness (QED) is 0.306. The summed E-state index contributed by atoms with van der Waals surface area (Å²) >= 11 is 2.03. The normalized spacial score (nSPS) is 10.6. The highest BCUT2D eigenvalue weighted by Crippen LogP contribution is 2.33. The predicted octanol–water partition coefficient (Wildman–Crippen LogP) is 2.58. The zero-order chi connectivity index (χ0) is 18.6. The highest BCUT2D eigenvalue weighted by Gasteiger charge is 2.23. The van der Waals surface area contributed by atoms with Gasteiger partial charge in [-0.3, -0.25) is 25.0 Å². The second-order valence-corrected chi connectivity index (χ2v) is 5.87. The molecule has 0 fully saturated rings. The van der Waals surface area contributed by atoms with Crippen molar-refractivity contribution >= 4 is 46.1 Å². The van der Waals surface area contributed by atoms with Gasteiger partial charge in [-0.25, -0.2) is 5.43 Å². The number of phenolic OH excluding ortho intramolecular Hbond substituents is 1. The molecule has 2 aromatic carbocycles. The van der Waals surface area contributed by atoms with E-state index in [1.54, 1.807) is 24.3 Å². The van der Waals surface area contributed by atoms with Gasteiger partial charge in [0, 0.05) is 15.2 Å². The van der Waals surface area contributed by atoms with E-state index in [0.717, 1.165) is 15.9 Å². The van der Waals surface area contributed by atoms with Crippen molar-refractivity contribution in [1.82, 2.24) is 5.43 Å². The summed E-state index contributed by atoms with van der Waals surface area (Å²) in [4.78, 5) is 31.8. The van der Waals surface area contributed by atoms with Gasteiger partial charge >= 0.3 is 5.69 Å². The molecule has 0 atom stereocenters. The molecule has 0 radical (unpaired) electrons. The molecule has 2 aromatic rings. The number of carbonyl (C=O) groups is 1. The zero-order valence-corrected chi connectivity index (χ0v) is 14.4. The van der Waals surface area contributed by atoms with Crippen LogP contribution < -0.4 is 5.43 Å². The van der Waals surface area contributed by atoms with Crippen LogP contribution in [0, 0.1) is 23.8 Å². The number of nitro groups is 2. The van der Waals surface area contributed by atoms with Crippen molar-refractivity contribution in [2.45, 2.75) is 0 Å². The summed E-state index contributed by atoms with van der Waals surface area (Å²) in [6.45, 7) is 0. The Kier molecular flexibility index (Phi) is 5.59. The van der Waals surface area contributed by atoms with Crippen LogP contribution in [0.3, 0.4) is 0 Å². The van der Waals surface area contributed by atoms with Gasteiger partial charge in [-0.05, 0) is 40.8 Å². The molecule has 0 aliphatic heterocycles. The van der Waals surface area contributed by atoms with Crippen LogP contribution in [0.25, 0.3) is 0 Å². The number of nitrogens with zero attached hydrogens (tertiary/aromatic N) is 3. The summed E-state index contributed by atoms with van der Waals surface area (Å²) in [5.41, 5.74) is 0.811. The molecule has 0 unspecified atom stereocenters. The van der Waals surface area contributed by atoms with E-state index in [2.05, 4.69) is 10.5 Å². The number of nitrogens with one attached hydrogen (secondary N) is 1. The van der Waals surface area contributed by atoms with Crippen LogP contribution in [0.5, 0.6) is 5.75 Å². The average Bonchev–Trinajstić information content (AvgIpc) is 2.55. The number of carbonyl (C=O) groups excluding carboxylic acids is 1. The third kappa shape index (κ3) is 4.47. The second-order valence-electron chi connectivity index (χ2n) is 4.63. The van der Waals surface area contributed by atoms with Gasteiger partial charge in [0.1, 0.15) is 0 Å². The first-order valence-corrected chi connectivity index (χ1v) is 7.62. The maximum absolute atomic E-state index is 11.9. The van der Waals surface area contributed by atoms with Gasteiger partial charge < -0.3 is 5.11 Å². The zero-order valence-electron chi connectivity index (χ0n) is 12.2. The van der Waals surface area contributed by atoms with Crippen LogP contribution in [0.1, 0.15) is 15.9 Å². The number of hydrazone groups is 1. The molecule has 0 saturated carbocycles. The molecular formula is C14H9IN4O6. The number of hydrogen-bond donors (Lipinski definition) is 2. The molecule has 1 amide bonds. The largest absolute Gasteiger partial charge is 0.502 e. The minimum atomic E-state index is -0.954. The number of non-ortho nitro benzene ring substituents is 1. The number of nitro benzene ring substituents is 2. The van der Waals surface area contributed by atoms with E-state index in [4.69, 9.17) is 0 Å². The number of aromatic hydroxyl groups is 1. The fraction of sp³-hybridized carbons (Fsp3) is 0. The first-order chi connectivity index (χ1) is 11.8. The molecule has 0 saturated heterocycles. The molecule has 10 nitrogen and oxygen atoms in total. The Balaban J connectivity index is 2.27. The van der Waals surface area contributed by atoms with E-state index in [1.165, 1.54) is 0 Å². The minimum absolute atomic E-state index is 0.274. The van der Waals surface area contributed by atoms with Gasteiger partial charge in [0.05, 0.1) is 27.7 Å². The van der Waals surface area contributed by atoms with Crippen LogP contribution in [-0.4, -0.2) is 27.1 Å². The lowest BCUT2D eigenvalue weighted by Crippen LogP contribution is -2.17. The molecule has 0 aromatic heterocycles. The summed E-state index contributed by atoms with van der Waals surface area (Å²) < 4.78 is 0.834. The van der Waals surface area contributed by atoms with E-state index in [-0.39, 0.29) is 5.56 Å². The fourth-order valence-electron chi connectivity index (χ4n) is 1.82. The molecule has 11 heteroatoms. The van der Waals surface area contributed by atoms with Crippen molar-refractivity contribution in [2.24, 2.45) is 5.10 Å². The Hall–Kier alpha value is -3.09. The fourth-order valence-corrected chi connectivity index (χ4v) is 2.37. The van der Waals surface area contributed by atoms with E-state index in [9.17, 15) is 30.1 Å². The number of hydrogen-bond acceptors (Lipinski definition) is 7. The third-order valence-electron chi connectivity index (χ3n) is 2.97. The van der Waals surface area contributed by atoms with Crippen LogP contribution in [0.2, 0.25) is 0 Å². The number of phenols is 1. The summed E-state index contributed by atoms with van der Waals surface area (Å²) in [5, 5.41) is 35.1. The van der Waals surface area contributed by atoms with Crippen molar-refractivity contribution in [3.05, 3.63) is 71.3 Å². The van der Waals surface area contributed by atoms with Crippen molar-refractivity contribution in [3.8, 4) is 5.75 Å². The third-order valence-corrected chi connectivity index (χ3v) is 3.64. The Labute approximate surface area is 153 Å². The average molecular weight is 456 g/mol. The van der Waals surface area contributed by atoms with E-state index in [1.807, 2.05) is 22.6 Å². The van der Waals surface area contributed by atoms with Crippen LogP contribution in [-0.2, 0) is 0 Å². The lowest BCUT2D eigenvalue weighted by atomic mass is 10.1.